The lowest BCUT2D eigenvalue weighted by Crippen LogP contribution is -2.25. The van der Waals surface area contributed by atoms with E-state index in [2.05, 4.69) is 10.5 Å². The van der Waals surface area contributed by atoms with E-state index in [1.807, 2.05) is 20.2 Å². The number of hydrazine groups is 1. The van der Waals surface area contributed by atoms with Crippen molar-refractivity contribution in [2.75, 3.05) is 0 Å². The Morgan fingerprint density at radius 2 is 2.50 bits per heavy atom. The maximum absolute atomic E-state index is 5.23. The van der Waals surface area contributed by atoms with Crippen LogP contribution >= 0.6 is 0 Å². The van der Waals surface area contributed by atoms with Crippen LogP contribution in [0.5, 0.6) is 0 Å². The standard InChI is InChI=1S/C6H12N4/c1-5(9-7)6-3-8-10(2)4-6/h3-5,9H,7H2,1-2H3/t5-/m1/s1. The quantitative estimate of drug-likeness (QED) is 0.447. The average Bonchev–Trinajstić information content (AvgIpc) is 2.34. The summed E-state index contributed by atoms with van der Waals surface area (Å²) in [6.45, 7) is 1.98. The summed E-state index contributed by atoms with van der Waals surface area (Å²) in [5, 5.41) is 4.01. The highest BCUT2D eigenvalue weighted by Crippen LogP contribution is 2.07. The van der Waals surface area contributed by atoms with Crippen LogP contribution in [0.15, 0.2) is 12.4 Å². The highest BCUT2D eigenvalue weighted by atomic mass is 15.3. The van der Waals surface area contributed by atoms with Crippen molar-refractivity contribution in [2.45, 2.75) is 13.0 Å². The lowest BCUT2D eigenvalue weighted by Gasteiger charge is -2.04. The lowest BCUT2D eigenvalue weighted by atomic mass is 10.2. The largest absolute Gasteiger partial charge is 0.275 e. The van der Waals surface area contributed by atoms with Crippen molar-refractivity contribution in [1.29, 1.82) is 0 Å². The third-order valence-corrected chi connectivity index (χ3v) is 1.47. The fraction of sp³-hybridized carbons (Fsp3) is 0.500. The molecule has 0 saturated heterocycles. The first-order chi connectivity index (χ1) is 4.74. The molecule has 1 aromatic heterocycles. The van der Waals surface area contributed by atoms with Crippen LogP contribution < -0.4 is 11.3 Å². The molecule has 1 rings (SSSR count). The smallest absolute Gasteiger partial charge is 0.0537 e. The zero-order valence-electron chi connectivity index (χ0n) is 6.20. The van der Waals surface area contributed by atoms with Gasteiger partial charge in [-0.15, -0.1) is 0 Å². The molecule has 1 aromatic rings. The van der Waals surface area contributed by atoms with Crippen LogP contribution in [0.4, 0.5) is 0 Å². The zero-order valence-corrected chi connectivity index (χ0v) is 6.20. The maximum Gasteiger partial charge on any atom is 0.0537 e. The topological polar surface area (TPSA) is 55.9 Å². The summed E-state index contributed by atoms with van der Waals surface area (Å²) in [5.74, 6) is 5.23. The molecule has 0 saturated carbocycles. The van der Waals surface area contributed by atoms with Crippen LogP contribution in [0, 0.1) is 0 Å². The lowest BCUT2D eigenvalue weighted by molar-refractivity contribution is 0.601. The minimum atomic E-state index is 0.175. The van der Waals surface area contributed by atoms with E-state index in [0.29, 0.717) is 0 Å². The Morgan fingerprint density at radius 3 is 2.90 bits per heavy atom. The zero-order chi connectivity index (χ0) is 7.56. The molecule has 56 valence electrons. The van der Waals surface area contributed by atoms with Crippen molar-refractivity contribution in [1.82, 2.24) is 15.2 Å². The first-order valence-electron chi connectivity index (χ1n) is 3.18. The Hall–Kier alpha value is -0.870. The summed E-state index contributed by atoms with van der Waals surface area (Å²) in [7, 11) is 1.88. The van der Waals surface area contributed by atoms with Crippen LogP contribution in [0.2, 0.25) is 0 Å². The summed E-state index contributed by atoms with van der Waals surface area (Å²) in [4.78, 5) is 0. The summed E-state index contributed by atoms with van der Waals surface area (Å²) in [6, 6.07) is 0.175. The Labute approximate surface area is 60.0 Å². The summed E-state index contributed by atoms with van der Waals surface area (Å²) in [5.41, 5.74) is 3.74. The van der Waals surface area contributed by atoms with Gasteiger partial charge in [0.05, 0.1) is 6.20 Å². The Kier molecular flexibility index (Phi) is 2.03. The third kappa shape index (κ3) is 1.34. The molecule has 0 unspecified atom stereocenters. The maximum atomic E-state index is 5.23. The van der Waals surface area contributed by atoms with Gasteiger partial charge in [0.25, 0.3) is 0 Å². The van der Waals surface area contributed by atoms with Gasteiger partial charge in [-0.05, 0) is 6.92 Å². The van der Waals surface area contributed by atoms with Gasteiger partial charge in [0.1, 0.15) is 0 Å². The molecule has 1 heterocycles. The normalized spacial score (nSPS) is 13.5. The molecule has 0 amide bonds. The molecule has 10 heavy (non-hydrogen) atoms. The second kappa shape index (κ2) is 2.81. The van der Waals surface area contributed by atoms with Gasteiger partial charge in [0, 0.05) is 24.8 Å². The van der Waals surface area contributed by atoms with Crippen molar-refractivity contribution in [3.8, 4) is 0 Å². The number of aryl methyl sites for hydroxylation is 1. The minimum absolute atomic E-state index is 0.175. The second-order valence-corrected chi connectivity index (χ2v) is 2.34. The van der Waals surface area contributed by atoms with Crippen molar-refractivity contribution in [2.24, 2.45) is 12.9 Å². The highest BCUT2D eigenvalue weighted by Gasteiger charge is 2.02. The van der Waals surface area contributed by atoms with Crippen molar-refractivity contribution in [3.63, 3.8) is 0 Å². The van der Waals surface area contributed by atoms with Gasteiger partial charge in [0.2, 0.25) is 0 Å². The number of rotatable bonds is 2. The van der Waals surface area contributed by atoms with Crippen LogP contribution in [0.3, 0.4) is 0 Å². The summed E-state index contributed by atoms with van der Waals surface area (Å²) in [6.07, 6.45) is 3.73. The first kappa shape index (κ1) is 7.24. The number of hydrogen-bond donors (Lipinski definition) is 2. The molecular weight excluding hydrogens is 128 g/mol. The molecule has 0 spiro atoms. The van der Waals surface area contributed by atoms with Gasteiger partial charge in [-0.2, -0.15) is 5.10 Å². The molecular formula is C6H12N4. The van der Waals surface area contributed by atoms with E-state index in [1.165, 1.54) is 0 Å². The van der Waals surface area contributed by atoms with Gasteiger partial charge < -0.3 is 0 Å². The predicted molar refractivity (Wildman–Crippen MR) is 38.9 cm³/mol. The third-order valence-electron chi connectivity index (χ3n) is 1.47. The summed E-state index contributed by atoms with van der Waals surface area (Å²) < 4.78 is 1.75. The number of nitrogens with two attached hydrogens (primary N) is 1. The van der Waals surface area contributed by atoms with E-state index in [9.17, 15) is 0 Å². The number of hydrogen-bond acceptors (Lipinski definition) is 3. The fourth-order valence-electron chi connectivity index (χ4n) is 0.760. The van der Waals surface area contributed by atoms with E-state index >= 15 is 0 Å². The Morgan fingerprint density at radius 1 is 1.80 bits per heavy atom. The molecule has 4 nitrogen and oxygen atoms in total. The molecule has 0 aliphatic carbocycles. The average molecular weight is 140 g/mol. The fourth-order valence-corrected chi connectivity index (χ4v) is 0.760. The van der Waals surface area contributed by atoms with E-state index in [4.69, 9.17) is 5.84 Å². The van der Waals surface area contributed by atoms with Gasteiger partial charge in [-0.1, -0.05) is 0 Å². The van der Waals surface area contributed by atoms with Gasteiger partial charge in [0.15, 0.2) is 0 Å². The molecule has 0 bridgehead atoms. The number of nitrogens with zero attached hydrogens (tertiary/aromatic N) is 2. The van der Waals surface area contributed by atoms with E-state index in [-0.39, 0.29) is 6.04 Å². The van der Waals surface area contributed by atoms with Crippen molar-refractivity contribution in [3.05, 3.63) is 18.0 Å². The first-order valence-corrected chi connectivity index (χ1v) is 3.18. The van der Waals surface area contributed by atoms with Crippen LogP contribution in [0.1, 0.15) is 18.5 Å². The van der Waals surface area contributed by atoms with E-state index < -0.39 is 0 Å². The monoisotopic (exact) mass is 140 g/mol. The van der Waals surface area contributed by atoms with Gasteiger partial charge in [-0.25, -0.2) is 0 Å². The molecule has 4 heteroatoms. The highest BCUT2D eigenvalue weighted by molar-refractivity contribution is 5.08. The van der Waals surface area contributed by atoms with Gasteiger partial charge in [-0.3, -0.25) is 16.0 Å². The van der Waals surface area contributed by atoms with Crippen molar-refractivity contribution >= 4 is 0 Å². The molecule has 1 atom stereocenters. The van der Waals surface area contributed by atoms with E-state index in [0.717, 1.165) is 5.56 Å². The number of nitrogens with one attached hydrogen (secondary N) is 1. The predicted octanol–water partition coefficient (Wildman–Crippen LogP) is -0.0556. The SMILES string of the molecule is C[C@@H](NN)c1cnn(C)c1. The van der Waals surface area contributed by atoms with Crippen LogP contribution in [-0.2, 0) is 7.05 Å². The second-order valence-electron chi connectivity index (χ2n) is 2.34. The summed E-state index contributed by atoms with van der Waals surface area (Å²) >= 11 is 0. The molecule has 0 radical (unpaired) electrons. The minimum Gasteiger partial charge on any atom is -0.275 e. The molecule has 0 aromatic carbocycles. The van der Waals surface area contributed by atoms with E-state index in [1.54, 1.807) is 10.9 Å². The van der Waals surface area contributed by atoms with Crippen LogP contribution in [-0.4, -0.2) is 9.78 Å². The van der Waals surface area contributed by atoms with Crippen LogP contribution in [0.25, 0.3) is 0 Å². The number of aromatic nitrogens is 2. The molecule has 0 fully saturated rings. The van der Waals surface area contributed by atoms with Crippen molar-refractivity contribution < 1.29 is 0 Å². The van der Waals surface area contributed by atoms with Gasteiger partial charge >= 0.3 is 0 Å². The Balaban J connectivity index is 2.74. The molecule has 3 N–H and O–H groups in total. The molecule has 0 aliphatic heterocycles. The Bertz CT molecular complexity index is 205. The molecule has 0 aliphatic rings.